The third-order valence-corrected chi connectivity index (χ3v) is 8.39. The highest BCUT2D eigenvalue weighted by atomic mass is 19.1. The van der Waals surface area contributed by atoms with Gasteiger partial charge in [0.1, 0.15) is 11.5 Å². The standard InChI is InChI=1S/C29H30FN7O2/c1-31-20-5-8-34(9-6-20)29(39)36-11-10-35-17-23(21-13-19(30)12-18(16-36)27(21)35)22-14-33-28(38)26(22)24-15-32-25-4-2-3-7-37(24)25/h2-4,7,12-13,15,17,20,31H,5-6,8-11,14,16H2,1H3,(H,33,38). The van der Waals surface area contributed by atoms with Crippen LogP contribution in [0.1, 0.15) is 29.7 Å². The van der Waals surface area contributed by atoms with E-state index in [1.54, 1.807) is 18.3 Å². The highest BCUT2D eigenvalue weighted by Crippen LogP contribution is 2.38. The topological polar surface area (TPSA) is 86.9 Å². The summed E-state index contributed by atoms with van der Waals surface area (Å²) in [5.74, 6) is -0.519. The first-order valence-electron chi connectivity index (χ1n) is 13.5. The maximum absolute atomic E-state index is 15.1. The predicted molar refractivity (Wildman–Crippen MR) is 146 cm³/mol. The fourth-order valence-corrected chi connectivity index (χ4v) is 6.36. The molecular formula is C29H30FN7O2. The molecule has 0 aliphatic carbocycles. The molecule has 0 spiro atoms. The predicted octanol–water partition coefficient (Wildman–Crippen LogP) is 3.09. The fraction of sp³-hybridized carbons (Fsp3) is 0.345. The van der Waals surface area contributed by atoms with Crippen LogP contribution in [0.25, 0.3) is 27.7 Å². The number of likely N-dealkylation sites (tertiary alicyclic amines) is 1. The molecule has 200 valence electrons. The van der Waals surface area contributed by atoms with E-state index in [9.17, 15) is 9.59 Å². The van der Waals surface area contributed by atoms with Crippen molar-refractivity contribution in [1.82, 2.24) is 34.4 Å². The molecule has 3 aliphatic rings. The van der Waals surface area contributed by atoms with E-state index in [2.05, 4.69) is 20.2 Å². The molecule has 7 rings (SSSR count). The number of amides is 3. The van der Waals surface area contributed by atoms with Crippen molar-refractivity contribution in [3.63, 3.8) is 0 Å². The van der Waals surface area contributed by atoms with E-state index in [-0.39, 0.29) is 17.8 Å². The number of aromatic nitrogens is 3. The molecule has 4 aromatic rings. The summed E-state index contributed by atoms with van der Waals surface area (Å²) in [5, 5.41) is 7.02. The van der Waals surface area contributed by atoms with Crippen molar-refractivity contribution in [2.45, 2.75) is 32.0 Å². The molecule has 10 heteroatoms. The van der Waals surface area contributed by atoms with Crippen LogP contribution >= 0.6 is 0 Å². The van der Waals surface area contributed by atoms with Crippen LogP contribution in [0.15, 0.2) is 48.9 Å². The molecule has 3 amide bonds. The number of carbonyl (C=O) groups is 2. The van der Waals surface area contributed by atoms with Crippen LogP contribution in [0, 0.1) is 5.82 Å². The smallest absolute Gasteiger partial charge is 0.320 e. The third-order valence-electron chi connectivity index (χ3n) is 8.39. The molecule has 0 bridgehead atoms. The van der Waals surface area contributed by atoms with E-state index in [4.69, 9.17) is 0 Å². The van der Waals surface area contributed by atoms with Gasteiger partial charge in [0.25, 0.3) is 5.91 Å². The van der Waals surface area contributed by atoms with Crippen LogP contribution < -0.4 is 10.6 Å². The lowest BCUT2D eigenvalue weighted by atomic mass is 9.98. The summed E-state index contributed by atoms with van der Waals surface area (Å²) in [5.41, 5.74) is 5.37. The van der Waals surface area contributed by atoms with Crippen molar-refractivity contribution in [2.24, 2.45) is 0 Å². The van der Waals surface area contributed by atoms with Crippen LogP contribution in [0.2, 0.25) is 0 Å². The minimum absolute atomic E-state index is 0.0103. The molecule has 1 fully saturated rings. The molecular weight excluding hydrogens is 497 g/mol. The summed E-state index contributed by atoms with van der Waals surface area (Å²) in [7, 11) is 1.96. The zero-order valence-corrected chi connectivity index (χ0v) is 21.8. The van der Waals surface area contributed by atoms with Crippen molar-refractivity contribution >= 4 is 39.6 Å². The van der Waals surface area contributed by atoms with Crippen LogP contribution in [0.5, 0.6) is 0 Å². The van der Waals surface area contributed by atoms with E-state index < -0.39 is 0 Å². The minimum atomic E-state index is -0.352. The Morgan fingerprint density at radius 3 is 2.79 bits per heavy atom. The van der Waals surface area contributed by atoms with Crippen molar-refractivity contribution in [1.29, 1.82) is 0 Å². The van der Waals surface area contributed by atoms with Gasteiger partial charge in [0.05, 0.1) is 23.0 Å². The molecule has 1 aromatic carbocycles. The molecule has 3 aliphatic heterocycles. The molecule has 0 radical (unpaired) electrons. The van der Waals surface area contributed by atoms with E-state index in [1.165, 1.54) is 0 Å². The number of nitrogens with one attached hydrogen (secondary N) is 2. The van der Waals surface area contributed by atoms with E-state index in [1.807, 2.05) is 51.8 Å². The maximum Gasteiger partial charge on any atom is 0.320 e. The van der Waals surface area contributed by atoms with E-state index in [0.29, 0.717) is 43.5 Å². The first-order chi connectivity index (χ1) is 19.0. The van der Waals surface area contributed by atoms with Crippen LogP contribution in [0.3, 0.4) is 0 Å². The lowest BCUT2D eigenvalue weighted by molar-refractivity contribution is -0.114. The Bertz CT molecular complexity index is 1660. The molecule has 1 saturated heterocycles. The number of urea groups is 1. The Labute approximate surface area is 224 Å². The van der Waals surface area contributed by atoms with Gasteiger partial charge in [0.2, 0.25) is 0 Å². The Morgan fingerprint density at radius 1 is 1.13 bits per heavy atom. The number of carbonyl (C=O) groups excluding carboxylic acids is 2. The average Bonchev–Trinajstić information content (AvgIpc) is 3.61. The monoisotopic (exact) mass is 527 g/mol. The number of benzene rings is 1. The fourth-order valence-electron chi connectivity index (χ4n) is 6.36. The average molecular weight is 528 g/mol. The van der Waals surface area contributed by atoms with Gasteiger partial charge in [0.15, 0.2) is 0 Å². The highest BCUT2D eigenvalue weighted by Gasteiger charge is 2.32. The summed E-state index contributed by atoms with van der Waals surface area (Å²) in [4.78, 5) is 34.7. The number of pyridine rings is 1. The molecule has 3 aromatic heterocycles. The summed E-state index contributed by atoms with van der Waals surface area (Å²) in [6, 6.07) is 9.25. The van der Waals surface area contributed by atoms with E-state index >= 15 is 4.39 Å². The second-order valence-corrected chi connectivity index (χ2v) is 10.6. The van der Waals surface area contributed by atoms with Gasteiger partial charge in [-0.05, 0) is 55.3 Å². The van der Waals surface area contributed by atoms with Gasteiger partial charge in [-0.15, -0.1) is 0 Å². The van der Waals surface area contributed by atoms with E-state index in [0.717, 1.165) is 59.2 Å². The van der Waals surface area contributed by atoms with Gasteiger partial charge in [-0.25, -0.2) is 14.2 Å². The second kappa shape index (κ2) is 9.23. The van der Waals surface area contributed by atoms with Crippen molar-refractivity contribution in [2.75, 3.05) is 33.2 Å². The van der Waals surface area contributed by atoms with Crippen molar-refractivity contribution in [3.8, 4) is 0 Å². The summed E-state index contributed by atoms with van der Waals surface area (Å²) >= 11 is 0. The lowest BCUT2D eigenvalue weighted by Gasteiger charge is -2.35. The number of hydrogen-bond acceptors (Lipinski definition) is 4. The van der Waals surface area contributed by atoms with Gasteiger partial charge in [0, 0.05) is 68.7 Å². The molecule has 6 heterocycles. The lowest BCUT2D eigenvalue weighted by Crippen LogP contribution is -2.49. The number of fused-ring (bicyclic) bond motifs is 1. The Hall–Kier alpha value is -4.18. The van der Waals surface area contributed by atoms with Gasteiger partial charge in [-0.3, -0.25) is 9.20 Å². The first-order valence-corrected chi connectivity index (χ1v) is 13.5. The highest BCUT2D eigenvalue weighted by molar-refractivity contribution is 6.31. The quantitative estimate of drug-likeness (QED) is 0.429. The van der Waals surface area contributed by atoms with Gasteiger partial charge < -0.3 is 25.0 Å². The molecule has 0 atom stereocenters. The maximum atomic E-state index is 15.1. The molecule has 39 heavy (non-hydrogen) atoms. The zero-order valence-electron chi connectivity index (χ0n) is 21.8. The number of hydrogen-bond donors (Lipinski definition) is 2. The Balaban J connectivity index is 1.28. The summed E-state index contributed by atoms with van der Waals surface area (Å²) in [6.45, 7) is 3.26. The van der Waals surface area contributed by atoms with Crippen LogP contribution in [-0.4, -0.2) is 75.0 Å². The number of nitrogens with zero attached hydrogens (tertiary/aromatic N) is 5. The minimum Gasteiger partial charge on any atom is -0.348 e. The SMILES string of the molecule is CNC1CCN(C(=O)N2CCn3cc(C4=C(c5cnc6ccccn56)C(=O)NC4)c4cc(F)cc(c43)C2)CC1. The Kier molecular flexibility index (Phi) is 5.66. The molecule has 2 N–H and O–H groups in total. The van der Waals surface area contributed by atoms with Crippen LogP contribution in [-0.2, 0) is 17.9 Å². The summed E-state index contributed by atoms with van der Waals surface area (Å²) < 4.78 is 19.1. The largest absolute Gasteiger partial charge is 0.348 e. The van der Waals surface area contributed by atoms with Gasteiger partial charge >= 0.3 is 6.03 Å². The third kappa shape index (κ3) is 3.89. The van der Waals surface area contributed by atoms with Crippen molar-refractivity contribution < 1.29 is 14.0 Å². The summed E-state index contributed by atoms with van der Waals surface area (Å²) in [6.07, 6.45) is 7.48. The Morgan fingerprint density at radius 2 is 1.97 bits per heavy atom. The van der Waals surface area contributed by atoms with Crippen LogP contribution in [0.4, 0.5) is 9.18 Å². The van der Waals surface area contributed by atoms with Gasteiger partial charge in [-0.1, -0.05) is 6.07 Å². The normalized spacial score (nSPS) is 18.4. The molecule has 9 nitrogen and oxygen atoms in total. The molecule has 0 saturated carbocycles. The van der Waals surface area contributed by atoms with Gasteiger partial charge in [-0.2, -0.15) is 0 Å². The van der Waals surface area contributed by atoms with Crippen molar-refractivity contribution in [3.05, 3.63) is 71.6 Å². The first kappa shape index (κ1) is 23.9. The molecule has 0 unspecified atom stereocenters. The number of imidazole rings is 1. The number of rotatable bonds is 3. The zero-order chi connectivity index (χ0) is 26.7. The number of halogens is 1. The number of piperidine rings is 1. The second-order valence-electron chi connectivity index (χ2n) is 10.6.